The molecular formula is C20H26N4O2S. The van der Waals surface area contributed by atoms with Gasteiger partial charge in [0.15, 0.2) is 5.11 Å². The van der Waals surface area contributed by atoms with Crippen molar-refractivity contribution in [1.29, 1.82) is 0 Å². The molecule has 144 valence electrons. The Balaban J connectivity index is 1.66. The molecule has 2 fully saturated rings. The van der Waals surface area contributed by atoms with Gasteiger partial charge >= 0.3 is 0 Å². The van der Waals surface area contributed by atoms with Crippen LogP contribution in [0.15, 0.2) is 42.7 Å². The van der Waals surface area contributed by atoms with Crippen LogP contribution in [-0.4, -0.2) is 52.5 Å². The van der Waals surface area contributed by atoms with Crippen LogP contribution in [0.2, 0.25) is 0 Å². The highest BCUT2D eigenvalue weighted by molar-refractivity contribution is 7.80. The van der Waals surface area contributed by atoms with E-state index in [1.165, 1.54) is 5.69 Å². The number of hydrogen-bond donors (Lipinski definition) is 1. The van der Waals surface area contributed by atoms with E-state index in [0.717, 1.165) is 43.3 Å². The number of hydrogen-bond acceptors (Lipinski definition) is 4. The van der Waals surface area contributed by atoms with Crippen LogP contribution in [0.1, 0.15) is 36.3 Å². The van der Waals surface area contributed by atoms with Crippen molar-refractivity contribution in [2.24, 2.45) is 0 Å². The number of nitrogens with one attached hydrogen (secondary N) is 1. The van der Waals surface area contributed by atoms with Gasteiger partial charge < -0.3 is 24.3 Å². The van der Waals surface area contributed by atoms with Gasteiger partial charge in [0.05, 0.1) is 30.5 Å². The maximum atomic E-state index is 5.86. The van der Waals surface area contributed by atoms with Gasteiger partial charge in [-0.05, 0) is 49.3 Å². The molecule has 2 aliphatic rings. The Labute approximate surface area is 165 Å². The van der Waals surface area contributed by atoms with Gasteiger partial charge in [-0.1, -0.05) is 6.07 Å². The molecular weight excluding hydrogens is 360 g/mol. The Hall–Kier alpha value is -1.96. The normalized spacial score (nSPS) is 25.1. The van der Waals surface area contributed by atoms with Crippen LogP contribution in [0.4, 0.5) is 0 Å². The summed E-state index contributed by atoms with van der Waals surface area (Å²) >= 11 is 5.67. The van der Waals surface area contributed by atoms with E-state index in [1.54, 1.807) is 7.11 Å². The number of methoxy groups -OCH3 is 1. The molecule has 27 heavy (non-hydrogen) atoms. The second kappa shape index (κ2) is 8.37. The lowest BCUT2D eigenvalue weighted by atomic mass is 10.0. The van der Waals surface area contributed by atoms with Crippen LogP contribution in [0.25, 0.3) is 0 Å². The minimum atomic E-state index is 0.00806. The molecule has 0 aliphatic carbocycles. The second-order valence-electron chi connectivity index (χ2n) is 7.03. The van der Waals surface area contributed by atoms with Crippen LogP contribution in [0.3, 0.4) is 0 Å². The Morgan fingerprint density at radius 2 is 2.26 bits per heavy atom. The molecule has 1 N–H and O–H groups in total. The fourth-order valence-corrected chi connectivity index (χ4v) is 4.36. The maximum absolute atomic E-state index is 5.86. The maximum Gasteiger partial charge on any atom is 0.170 e. The average Bonchev–Trinajstić information content (AvgIpc) is 3.42. The minimum absolute atomic E-state index is 0.00806. The van der Waals surface area contributed by atoms with E-state index in [0.29, 0.717) is 6.61 Å². The highest BCUT2D eigenvalue weighted by Gasteiger charge is 2.41. The van der Waals surface area contributed by atoms with Gasteiger partial charge in [0.1, 0.15) is 0 Å². The first-order valence-electron chi connectivity index (χ1n) is 9.51. The lowest BCUT2D eigenvalue weighted by molar-refractivity contribution is 0.0949. The summed E-state index contributed by atoms with van der Waals surface area (Å²) in [6.07, 6.45) is 6.53. The topological polar surface area (TPSA) is 51.5 Å². The van der Waals surface area contributed by atoms with Crippen molar-refractivity contribution in [2.45, 2.75) is 37.6 Å². The van der Waals surface area contributed by atoms with Crippen molar-refractivity contribution >= 4 is 17.3 Å². The lowest BCUT2D eigenvalue weighted by Gasteiger charge is -2.29. The molecule has 2 aliphatic heterocycles. The largest absolute Gasteiger partial charge is 0.383 e. The number of thiocarbonyl (C=S) groups is 1. The molecule has 0 spiro atoms. The first kappa shape index (κ1) is 18.4. The number of nitrogens with zero attached hydrogens (tertiary/aromatic N) is 3. The quantitative estimate of drug-likeness (QED) is 0.739. The smallest absolute Gasteiger partial charge is 0.170 e. The first-order chi connectivity index (χ1) is 13.3. The van der Waals surface area contributed by atoms with Crippen LogP contribution in [0.5, 0.6) is 0 Å². The molecule has 2 aromatic heterocycles. The summed E-state index contributed by atoms with van der Waals surface area (Å²) in [7, 11) is 1.72. The Kier molecular flexibility index (Phi) is 5.71. The minimum Gasteiger partial charge on any atom is -0.383 e. The molecule has 0 radical (unpaired) electrons. The molecule has 0 bridgehead atoms. The predicted molar refractivity (Wildman–Crippen MR) is 107 cm³/mol. The zero-order valence-electron chi connectivity index (χ0n) is 15.6. The van der Waals surface area contributed by atoms with E-state index >= 15 is 0 Å². The second-order valence-corrected chi connectivity index (χ2v) is 7.42. The van der Waals surface area contributed by atoms with Crippen LogP contribution < -0.4 is 5.32 Å². The third-order valence-corrected chi connectivity index (χ3v) is 5.68. The number of ether oxygens (including phenoxy) is 2. The van der Waals surface area contributed by atoms with Gasteiger partial charge in [-0.3, -0.25) is 4.98 Å². The monoisotopic (exact) mass is 386 g/mol. The van der Waals surface area contributed by atoms with E-state index in [2.05, 4.69) is 44.2 Å². The van der Waals surface area contributed by atoms with Crippen LogP contribution in [0, 0.1) is 0 Å². The average molecular weight is 387 g/mol. The molecule has 2 saturated heterocycles. The highest BCUT2D eigenvalue weighted by Crippen LogP contribution is 2.38. The Bertz CT molecular complexity index is 760. The summed E-state index contributed by atoms with van der Waals surface area (Å²) in [5.74, 6) is 0. The Morgan fingerprint density at radius 1 is 1.33 bits per heavy atom. The molecule has 2 aromatic rings. The number of pyridine rings is 1. The van der Waals surface area contributed by atoms with Gasteiger partial charge in [-0.25, -0.2) is 0 Å². The summed E-state index contributed by atoms with van der Waals surface area (Å²) in [6, 6.07) is 10.4. The first-order valence-corrected chi connectivity index (χ1v) is 9.92. The van der Waals surface area contributed by atoms with Gasteiger partial charge in [-0.15, -0.1) is 0 Å². The van der Waals surface area contributed by atoms with E-state index in [-0.39, 0.29) is 18.2 Å². The van der Waals surface area contributed by atoms with Gasteiger partial charge in [0.25, 0.3) is 0 Å². The van der Waals surface area contributed by atoms with E-state index < -0.39 is 0 Å². The number of rotatable bonds is 7. The SMILES string of the molecule is COCCN1C(=S)N[C@H](c2ccccn2)[C@@H]1c1cccn1C[C@H]1CCCO1. The zero-order chi connectivity index (χ0) is 18.6. The molecule has 4 rings (SSSR count). The molecule has 7 heteroatoms. The molecule has 3 atom stereocenters. The molecule has 0 unspecified atom stereocenters. The molecule has 0 aromatic carbocycles. The molecule has 0 saturated carbocycles. The van der Waals surface area contributed by atoms with Gasteiger partial charge in [0, 0.05) is 44.9 Å². The van der Waals surface area contributed by atoms with E-state index in [4.69, 9.17) is 21.7 Å². The zero-order valence-corrected chi connectivity index (χ0v) is 16.4. The molecule has 6 nitrogen and oxygen atoms in total. The molecule has 0 amide bonds. The van der Waals surface area contributed by atoms with E-state index in [9.17, 15) is 0 Å². The van der Waals surface area contributed by atoms with Gasteiger partial charge in [0.2, 0.25) is 0 Å². The Morgan fingerprint density at radius 3 is 3.00 bits per heavy atom. The highest BCUT2D eigenvalue weighted by atomic mass is 32.1. The summed E-state index contributed by atoms with van der Waals surface area (Å²) < 4.78 is 13.5. The third kappa shape index (κ3) is 3.85. The van der Waals surface area contributed by atoms with Crippen molar-refractivity contribution in [3.63, 3.8) is 0 Å². The summed E-state index contributed by atoms with van der Waals surface area (Å²) in [5, 5.41) is 4.23. The van der Waals surface area contributed by atoms with Crippen molar-refractivity contribution in [3.05, 3.63) is 54.1 Å². The molecule has 4 heterocycles. The van der Waals surface area contributed by atoms with Gasteiger partial charge in [-0.2, -0.15) is 0 Å². The predicted octanol–water partition coefficient (Wildman–Crippen LogP) is 2.68. The summed E-state index contributed by atoms with van der Waals surface area (Å²) in [6.45, 7) is 3.10. The van der Waals surface area contributed by atoms with E-state index in [1.807, 2.05) is 18.3 Å². The van der Waals surface area contributed by atoms with Crippen molar-refractivity contribution < 1.29 is 9.47 Å². The number of aromatic nitrogens is 2. The summed E-state index contributed by atoms with van der Waals surface area (Å²) in [4.78, 5) is 6.81. The third-order valence-electron chi connectivity index (χ3n) is 5.33. The summed E-state index contributed by atoms with van der Waals surface area (Å²) in [5.41, 5.74) is 2.22. The van der Waals surface area contributed by atoms with Crippen molar-refractivity contribution in [3.8, 4) is 0 Å². The van der Waals surface area contributed by atoms with Crippen LogP contribution in [-0.2, 0) is 16.0 Å². The fraction of sp³-hybridized carbons (Fsp3) is 0.500. The fourth-order valence-electron chi connectivity index (χ4n) is 4.03. The standard InChI is InChI=1S/C20H26N4O2S/c1-25-13-11-24-19(18(22-20(24)27)16-7-2-3-9-21-16)17-8-4-10-23(17)14-15-6-5-12-26-15/h2-4,7-10,15,18-19H,5-6,11-14H2,1H3,(H,22,27)/t15-,18-,19+/m1/s1. The lowest BCUT2D eigenvalue weighted by Crippen LogP contribution is -2.33. The van der Waals surface area contributed by atoms with Crippen molar-refractivity contribution in [1.82, 2.24) is 19.8 Å². The van der Waals surface area contributed by atoms with Crippen LogP contribution >= 0.6 is 12.2 Å². The van der Waals surface area contributed by atoms with Crippen molar-refractivity contribution in [2.75, 3.05) is 26.9 Å².